The fraction of sp³-hybridized carbons (Fsp3) is 0.105. The summed E-state index contributed by atoms with van der Waals surface area (Å²) in [5.74, 6) is -0.238. The summed E-state index contributed by atoms with van der Waals surface area (Å²) in [4.78, 5) is 23.6. The molecule has 2 aromatic carbocycles. The molecule has 0 bridgehead atoms. The summed E-state index contributed by atoms with van der Waals surface area (Å²) in [6.07, 6.45) is 0.288. The molecule has 0 aliphatic heterocycles. The van der Waals surface area contributed by atoms with Gasteiger partial charge in [0.2, 0.25) is 0 Å². The number of amidine groups is 1. The predicted molar refractivity (Wildman–Crippen MR) is 97.6 cm³/mol. The van der Waals surface area contributed by atoms with Gasteiger partial charge < -0.3 is 20.2 Å². The first-order valence-electron chi connectivity index (χ1n) is 7.96. The highest BCUT2D eigenvalue weighted by atomic mass is 16.5. The molecule has 1 aromatic heterocycles. The second kappa shape index (κ2) is 7.10. The van der Waals surface area contributed by atoms with Gasteiger partial charge >= 0.3 is 5.97 Å². The number of amides is 1. The van der Waals surface area contributed by atoms with Crippen LogP contribution in [-0.4, -0.2) is 17.7 Å². The number of ether oxygens (including phenoxy) is 1. The second-order valence-electron chi connectivity index (χ2n) is 5.58. The van der Waals surface area contributed by atoms with Crippen LogP contribution < -0.4 is 15.8 Å². The Bertz CT molecular complexity index is 990. The zero-order valence-electron chi connectivity index (χ0n) is 14.0. The average Bonchev–Trinajstić information content (AvgIpc) is 3.06. The Morgan fingerprint density at radius 3 is 2.54 bits per heavy atom. The van der Waals surface area contributed by atoms with Crippen LogP contribution in [0.15, 0.2) is 52.9 Å². The molecule has 0 saturated heterocycles. The van der Waals surface area contributed by atoms with E-state index in [-0.39, 0.29) is 24.0 Å². The van der Waals surface area contributed by atoms with Gasteiger partial charge in [0.25, 0.3) is 5.91 Å². The lowest BCUT2D eigenvalue weighted by Gasteiger charge is -2.05. The van der Waals surface area contributed by atoms with Crippen molar-refractivity contribution in [2.45, 2.75) is 13.3 Å². The Balaban J connectivity index is 1.74. The number of benzene rings is 2. The lowest BCUT2D eigenvalue weighted by molar-refractivity contribution is -0.134. The molecule has 1 heterocycles. The second-order valence-corrected chi connectivity index (χ2v) is 5.58. The maximum absolute atomic E-state index is 12.4. The van der Waals surface area contributed by atoms with Gasteiger partial charge in [0.1, 0.15) is 17.2 Å². The number of carbonyl (C=O) groups is 2. The number of hydrogen-bond acceptors (Lipinski definition) is 5. The van der Waals surface area contributed by atoms with Gasteiger partial charge in [0.15, 0.2) is 5.76 Å². The van der Waals surface area contributed by atoms with Crippen LogP contribution in [0, 0.1) is 5.41 Å². The Morgan fingerprint density at radius 2 is 1.88 bits per heavy atom. The minimum absolute atomic E-state index is 0.0528. The monoisotopic (exact) mass is 351 g/mol. The number of nitrogens with two attached hydrogens (primary N) is 1. The van der Waals surface area contributed by atoms with Crippen molar-refractivity contribution in [1.82, 2.24) is 0 Å². The fourth-order valence-corrected chi connectivity index (χ4v) is 2.33. The molecule has 1 amide bonds. The normalized spacial score (nSPS) is 10.5. The van der Waals surface area contributed by atoms with Gasteiger partial charge in [0.05, 0.1) is 0 Å². The van der Waals surface area contributed by atoms with Crippen LogP contribution >= 0.6 is 0 Å². The molecule has 0 saturated carbocycles. The van der Waals surface area contributed by atoms with Gasteiger partial charge in [-0.15, -0.1) is 0 Å². The van der Waals surface area contributed by atoms with Crippen LogP contribution in [0.3, 0.4) is 0 Å². The highest BCUT2D eigenvalue weighted by Gasteiger charge is 2.13. The first-order valence-corrected chi connectivity index (χ1v) is 7.96. The molecule has 0 radical (unpaired) electrons. The van der Waals surface area contributed by atoms with Gasteiger partial charge in [-0.3, -0.25) is 15.0 Å². The molecule has 0 spiro atoms. The van der Waals surface area contributed by atoms with Gasteiger partial charge in [-0.05, 0) is 48.5 Å². The van der Waals surface area contributed by atoms with Crippen molar-refractivity contribution in [3.63, 3.8) is 0 Å². The summed E-state index contributed by atoms with van der Waals surface area (Å²) in [6.45, 7) is 1.71. The number of hydrogen-bond donors (Lipinski definition) is 3. The van der Waals surface area contributed by atoms with Crippen molar-refractivity contribution >= 4 is 34.4 Å². The summed E-state index contributed by atoms with van der Waals surface area (Å²) in [5, 5.41) is 10.9. The summed E-state index contributed by atoms with van der Waals surface area (Å²) < 4.78 is 10.6. The molecular formula is C19H17N3O4. The molecule has 3 rings (SSSR count). The number of nitrogen functional groups attached to an aromatic ring is 1. The van der Waals surface area contributed by atoms with Crippen molar-refractivity contribution < 1.29 is 18.7 Å². The van der Waals surface area contributed by atoms with Gasteiger partial charge in [-0.1, -0.05) is 6.92 Å². The lowest BCUT2D eigenvalue weighted by atomic mass is 10.1. The number of rotatable bonds is 5. The summed E-state index contributed by atoms with van der Waals surface area (Å²) in [5.41, 5.74) is 7.09. The molecule has 0 unspecified atom stereocenters. The summed E-state index contributed by atoms with van der Waals surface area (Å²) >= 11 is 0. The zero-order valence-corrected chi connectivity index (χ0v) is 14.0. The van der Waals surface area contributed by atoms with Crippen LogP contribution in [0.1, 0.15) is 29.5 Å². The number of furan rings is 1. The Morgan fingerprint density at radius 1 is 1.15 bits per heavy atom. The zero-order chi connectivity index (χ0) is 18.7. The maximum Gasteiger partial charge on any atom is 0.310 e. The smallest absolute Gasteiger partial charge is 0.310 e. The number of fused-ring (bicyclic) bond motifs is 1. The summed E-state index contributed by atoms with van der Waals surface area (Å²) in [6, 6.07) is 13.1. The van der Waals surface area contributed by atoms with E-state index in [0.717, 1.165) is 0 Å². The lowest BCUT2D eigenvalue weighted by Crippen LogP contribution is -2.11. The Kier molecular flexibility index (Phi) is 4.70. The highest BCUT2D eigenvalue weighted by molar-refractivity contribution is 6.05. The van der Waals surface area contributed by atoms with Crippen LogP contribution in [0.25, 0.3) is 11.0 Å². The third-order valence-electron chi connectivity index (χ3n) is 3.68. The van der Waals surface area contributed by atoms with Crippen molar-refractivity contribution in [2.75, 3.05) is 5.32 Å². The number of carbonyl (C=O) groups excluding carboxylic acids is 2. The van der Waals surface area contributed by atoms with E-state index in [4.69, 9.17) is 20.3 Å². The molecule has 0 aliphatic carbocycles. The highest BCUT2D eigenvalue weighted by Crippen LogP contribution is 2.22. The minimum Gasteiger partial charge on any atom is -0.451 e. The molecule has 0 aliphatic rings. The van der Waals surface area contributed by atoms with Crippen molar-refractivity contribution in [3.8, 4) is 5.75 Å². The maximum atomic E-state index is 12.4. The van der Waals surface area contributed by atoms with Gasteiger partial charge in [-0.25, -0.2) is 0 Å². The minimum atomic E-state index is -0.413. The van der Waals surface area contributed by atoms with Crippen molar-refractivity contribution in [2.24, 2.45) is 5.73 Å². The number of esters is 1. The van der Waals surface area contributed by atoms with Crippen LogP contribution in [0.2, 0.25) is 0 Å². The molecule has 3 aromatic rings. The van der Waals surface area contributed by atoms with Gasteiger partial charge in [-0.2, -0.15) is 0 Å². The SMILES string of the molecule is CCC(=O)Oc1ccc(NC(=O)c2cc3cc(C(=N)N)ccc3o2)cc1. The third kappa shape index (κ3) is 3.72. The quantitative estimate of drug-likeness (QED) is 0.282. The topological polar surface area (TPSA) is 118 Å². The van der Waals surface area contributed by atoms with Crippen molar-refractivity contribution in [1.29, 1.82) is 5.41 Å². The van der Waals surface area contributed by atoms with Crippen LogP contribution in [0.4, 0.5) is 5.69 Å². The predicted octanol–water partition coefficient (Wildman–Crippen LogP) is 3.28. The van der Waals surface area contributed by atoms with Crippen LogP contribution in [0.5, 0.6) is 5.75 Å². The first kappa shape index (κ1) is 17.2. The molecule has 0 fully saturated rings. The molecule has 132 valence electrons. The molecular weight excluding hydrogens is 334 g/mol. The standard InChI is InChI=1S/C19H17N3O4/c1-2-17(23)25-14-6-4-13(5-7-14)22-19(24)16-10-12-9-11(18(20)21)3-8-15(12)26-16/h3-10H,2H2,1H3,(H3,20,21)(H,22,24). The van der Waals surface area contributed by atoms with E-state index in [1.807, 2.05) is 0 Å². The molecule has 7 heteroatoms. The largest absolute Gasteiger partial charge is 0.451 e. The molecule has 0 atom stereocenters. The fourth-order valence-electron chi connectivity index (χ4n) is 2.33. The van der Waals surface area contributed by atoms with E-state index in [2.05, 4.69) is 5.32 Å². The van der Waals surface area contributed by atoms with E-state index in [9.17, 15) is 9.59 Å². The molecule has 4 N–H and O–H groups in total. The van der Waals surface area contributed by atoms with Crippen molar-refractivity contribution in [3.05, 3.63) is 59.9 Å². The third-order valence-corrected chi connectivity index (χ3v) is 3.68. The number of anilines is 1. The van der Waals surface area contributed by atoms with E-state index in [0.29, 0.717) is 28.0 Å². The number of nitrogens with one attached hydrogen (secondary N) is 2. The van der Waals surface area contributed by atoms with E-state index in [1.54, 1.807) is 55.5 Å². The average molecular weight is 351 g/mol. The molecule has 7 nitrogen and oxygen atoms in total. The van der Waals surface area contributed by atoms with E-state index >= 15 is 0 Å². The van der Waals surface area contributed by atoms with Crippen LogP contribution in [-0.2, 0) is 4.79 Å². The molecule has 26 heavy (non-hydrogen) atoms. The van der Waals surface area contributed by atoms with E-state index in [1.165, 1.54) is 0 Å². The van der Waals surface area contributed by atoms with E-state index < -0.39 is 5.91 Å². The summed E-state index contributed by atoms with van der Waals surface area (Å²) in [7, 11) is 0. The Hall–Kier alpha value is -3.61. The first-order chi connectivity index (χ1) is 12.5. The Labute approximate surface area is 149 Å². The van der Waals surface area contributed by atoms with Gasteiger partial charge in [0, 0.05) is 23.1 Å².